The number of carbonyl (C=O) groups excluding carboxylic acids is 1. The van der Waals surface area contributed by atoms with Gasteiger partial charge in [-0.1, -0.05) is 17.7 Å². The van der Waals surface area contributed by atoms with Crippen molar-refractivity contribution in [1.82, 2.24) is 5.32 Å². The minimum absolute atomic E-state index is 0.0206. The number of halogens is 1. The topological polar surface area (TPSA) is 64.6 Å². The van der Waals surface area contributed by atoms with Crippen LogP contribution in [0.5, 0.6) is 0 Å². The third kappa shape index (κ3) is 2.65. The molecule has 1 aromatic carbocycles. The van der Waals surface area contributed by atoms with E-state index in [9.17, 15) is 4.79 Å². The summed E-state index contributed by atoms with van der Waals surface area (Å²) in [4.78, 5) is 13.7. The molecule has 0 radical (unpaired) electrons. The molecule has 1 amide bonds. The summed E-state index contributed by atoms with van der Waals surface area (Å²) in [6, 6.07) is 3.26. The van der Waals surface area contributed by atoms with Crippen molar-refractivity contribution in [3.63, 3.8) is 0 Å². The second-order valence-electron chi connectivity index (χ2n) is 4.56. The van der Waals surface area contributed by atoms with Gasteiger partial charge in [0.25, 0.3) is 0 Å². The highest BCUT2D eigenvalue weighted by Gasteiger charge is 2.30. The van der Waals surface area contributed by atoms with Crippen LogP contribution in [-0.2, 0) is 4.79 Å². The van der Waals surface area contributed by atoms with E-state index in [-0.39, 0.29) is 18.6 Å². The number of nitrogens with zero attached hydrogens (tertiary/aromatic N) is 1. The number of nitrogens with one attached hydrogen (secondary N) is 2. The summed E-state index contributed by atoms with van der Waals surface area (Å²) in [7, 11) is 1.73. The zero-order chi connectivity index (χ0) is 14.7. The average Bonchev–Trinajstić information content (AvgIpc) is 2.72. The van der Waals surface area contributed by atoms with Crippen molar-refractivity contribution < 1.29 is 9.90 Å². The lowest BCUT2D eigenvalue weighted by molar-refractivity contribution is -0.117. The molecule has 0 fully saturated rings. The fraction of sp³-hybridized carbons (Fsp3) is 0.357. The van der Waals surface area contributed by atoms with E-state index in [1.165, 1.54) is 0 Å². The molecule has 0 saturated carbocycles. The first-order valence-corrected chi connectivity index (χ1v) is 6.78. The van der Waals surface area contributed by atoms with Crippen molar-refractivity contribution in [2.45, 2.75) is 6.04 Å². The predicted molar refractivity (Wildman–Crippen MR) is 81.4 cm³/mol. The molecule has 20 heavy (non-hydrogen) atoms. The Balaban J connectivity index is 2.40. The molecule has 0 spiro atoms. The first-order valence-electron chi connectivity index (χ1n) is 6.40. The van der Waals surface area contributed by atoms with Gasteiger partial charge < -0.3 is 20.6 Å². The van der Waals surface area contributed by atoms with Gasteiger partial charge in [0, 0.05) is 24.3 Å². The smallest absolute Gasteiger partial charge is 0.246 e. The quantitative estimate of drug-likeness (QED) is 0.697. The number of carbonyl (C=O) groups is 1. The van der Waals surface area contributed by atoms with Crippen LogP contribution in [0, 0.1) is 0 Å². The Bertz CT molecular complexity index is 533. The SMILES string of the molecule is C=CCN(CCO)c1cc2c(cc1Cl)C(NC)C(=O)N2. The Kier molecular flexibility index (Phi) is 4.65. The molecule has 0 aromatic heterocycles. The van der Waals surface area contributed by atoms with Gasteiger partial charge in [-0.25, -0.2) is 0 Å². The monoisotopic (exact) mass is 295 g/mol. The second kappa shape index (κ2) is 6.26. The summed E-state index contributed by atoms with van der Waals surface area (Å²) in [5, 5.41) is 15.5. The van der Waals surface area contributed by atoms with Crippen LogP contribution in [0.15, 0.2) is 24.8 Å². The highest BCUT2D eigenvalue weighted by atomic mass is 35.5. The largest absolute Gasteiger partial charge is 0.395 e. The summed E-state index contributed by atoms with van der Waals surface area (Å²) in [6.45, 7) is 4.75. The average molecular weight is 296 g/mol. The maximum atomic E-state index is 11.8. The Labute approximate surface area is 123 Å². The molecule has 0 saturated heterocycles. The van der Waals surface area contributed by atoms with Gasteiger partial charge >= 0.3 is 0 Å². The number of benzene rings is 1. The number of aliphatic hydroxyl groups excluding tert-OH is 1. The van der Waals surface area contributed by atoms with Crippen molar-refractivity contribution >= 4 is 28.9 Å². The van der Waals surface area contributed by atoms with Crippen molar-refractivity contribution in [3.8, 4) is 0 Å². The minimum Gasteiger partial charge on any atom is -0.395 e. The minimum atomic E-state index is -0.373. The van der Waals surface area contributed by atoms with E-state index < -0.39 is 0 Å². The second-order valence-corrected chi connectivity index (χ2v) is 4.97. The molecule has 0 bridgehead atoms. The van der Waals surface area contributed by atoms with Crippen LogP contribution in [0.4, 0.5) is 11.4 Å². The van der Waals surface area contributed by atoms with E-state index in [0.717, 1.165) is 16.9 Å². The first kappa shape index (κ1) is 14.8. The van der Waals surface area contributed by atoms with Crippen molar-refractivity contribution in [1.29, 1.82) is 0 Å². The normalized spacial score (nSPS) is 16.8. The van der Waals surface area contributed by atoms with Crippen molar-refractivity contribution in [3.05, 3.63) is 35.4 Å². The third-order valence-electron chi connectivity index (χ3n) is 3.30. The number of amides is 1. The van der Waals surface area contributed by atoms with Crippen LogP contribution < -0.4 is 15.5 Å². The number of fused-ring (bicyclic) bond motifs is 1. The van der Waals surface area contributed by atoms with Gasteiger partial charge in [0.2, 0.25) is 5.91 Å². The van der Waals surface area contributed by atoms with Crippen LogP contribution in [0.25, 0.3) is 0 Å². The molecule has 108 valence electrons. The maximum absolute atomic E-state index is 11.8. The zero-order valence-corrected chi connectivity index (χ0v) is 12.1. The number of anilines is 2. The van der Waals surface area contributed by atoms with E-state index in [0.29, 0.717) is 18.1 Å². The van der Waals surface area contributed by atoms with E-state index >= 15 is 0 Å². The summed E-state index contributed by atoms with van der Waals surface area (Å²) in [6.07, 6.45) is 1.74. The standard InChI is InChI=1S/C14H18ClN3O2/c1-3-4-18(5-6-19)12-8-11-9(7-10(12)15)13(16-2)14(20)17-11/h3,7-8,13,16,19H,1,4-6H2,2H3,(H,17,20). The summed E-state index contributed by atoms with van der Waals surface area (Å²) >= 11 is 6.32. The highest BCUT2D eigenvalue weighted by Crippen LogP contribution is 2.38. The molecule has 2 rings (SSSR count). The molecule has 1 aromatic rings. The van der Waals surface area contributed by atoms with Gasteiger partial charge in [-0.2, -0.15) is 0 Å². The van der Waals surface area contributed by atoms with Crippen molar-refractivity contribution in [2.75, 3.05) is 37.0 Å². The summed E-state index contributed by atoms with van der Waals surface area (Å²) in [5.41, 5.74) is 2.37. The lowest BCUT2D eigenvalue weighted by Crippen LogP contribution is -2.27. The Morgan fingerprint density at radius 2 is 2.35 bits per heavy atom. The lowest BCUT2D eigenvalue weighted by Gasteiger charge is -2.24. The first-order chi connectivity index (χ1) is 9.62. The molecule has 1 heterocycles. The fourth-order valence-electron chi connectivity index (χ4n) is 2.39. The number of aliphatic hydroxyl groups is 1. The van der Waals surface area contributed by atoms with E-state index in [2.05, 4.69) is 17.2 Å². The molecular formula is C14H18ClN3O2. The highest BCUT2D eigenvalue weighted by molar-refractivity contribution is 6.33. The van der Waals surface area contributed by atoms with Gasteiger partial charge in [-0.3, -0.25) is 4.79 Å². The number of hydrogen-bond acceptors (Lipinski definition) is 4. The van der Waals surface area contributed by atoms with Gasteiger partial charge in [0.1, 0.15) is 6.04 Å². The molecule has 6 heteroatoms. The van der Waals surface area contributed by atoms with E-state index in [1.807, 2.05) is 11.0 Å². The zero-order valence-electron chi connectivity index (χ0n) is 11.3. The third-order valence-corrected chi connectivity index (χ3v) is 3.60. The van der Waals surface area contributed by atoms with Crippen LogP contribution >= 0.6 is 11.6 Å². The van der Waals surface area contributed by atoms with Crippen LogP contribution in [0.2, 0.25) is 5.02 Å². The lowest BCUT2D eigenvalue weighted by atomic mass is 10.1. The summed E-state index contributed by atoms with van der Waals surface area (Å²) in [5.74, 6) is -0.0897. The molecule has 1 aliphatic heterocycles. The van der Waals surface area contributed by atoms with Gasteiger partial charge in [-0.05, 0) is 19.2 Å². The number of likely N-dealkylation sites (N-methyl/N-ethyl adjacent to an activating group) is 1. The molecule has 3 N–H and O–H groups in total. The molecule has 1 aliphatic rings. The Morgan fingerprint density at radius 3 is 2.95 bits per heavy atom. The van der Waals surface area contributed by atoms with E-state index in [4.69, 9.17) is 16.7 Å². The predicted octanol–water partition coefficient (Wildman–Crippen LogP) is 1.54. The van der Waals surface area contributed by atoms with Gasteiger partial charge in [-0.15, -0.1) is 6.58 Å². The van der Waals surface area contributed by atoms with Gasteiger partial charge in [0.15, 0.2) is 0 Å². The Morgan fingerprint density at radius 1 is 1.60 bits per heavy atom. The van der Waals surface area contributed by atoms with Crippen LogP contribution in [-0.4, -0.2) is 37.8 Å². The maximum Gasteiger partial charge on any atom is 0.246 e. The molecule has 5 nitrogen and oxygen atoms in total. The van der Waals surface area contributed by atoms with E-state index in [1.54, 1.807) is 19.2 Å². The van der Waals surface area contributed by atoms with Crippen molar-refractivity contribution in [2.24, 2.45) is 0 Å². The van der Waals surface area contributed by atoms with Crippen LogP contribution in [0.3, 0.4) is 0 Å². The number of hydrogen-bond donors (Lipinski definition) is 3. The van der Waals surface area contributed by atoms with Gasteiger partial charge in [0.05, 0.1) is 17.3 Å². The fourth-order valence-corrected chi connectivity index (χ4v) is 2.68. The molecule has 0 aliphatic carbocycles. The molecule has 1 atom stereocenters. The summed E-state index contributed by atoms with van der Waals surface area (Å²) < 4.78 is 0. The Hall–Kier alpha value is -1.56. The molecular weight excluding hydrogens is 278 g/mol. The van der Waals surface area contributed by atoms with Crippen LogP contribution in [0.1, 0.15) is 11.6 Å². The number of rotatable bonds is 6. The molecule has 1 unspecified atom stereocenters.